The standard InChI is InChI=1S/C25H28BrFN4O3/c26-19-9-7-17(8-10-19)14-20(28-25(33)34)15-23(32)30-12-3-4-18(16-30)24-29-21-5-1-2-6-22(21)31(24)13-11-27/h1-2,5-10,18,20,28H,3-4,11-16H2,(H,33,34)/t18-,20-/m1/s1. The van der Waals surface area contributed by atoms with E-state index in [0.29, 0.717) is 19.5 Å². The summed E-state index contributed by atoms with van der Waals surface area (Å²) in [5, 5.41) is 11.8. The molecule has 0 unspecified atom stereocenters. The Bertz CT molecular complexity index is 1150. The van der Waals surface area contributed by atoms with Gasteiger partial charge in [0.1, 0.15) is 12.5 Å². The van der Waals surface area contributed by atoms with Gasteiger partial charge in [-0.1, -0.05) is 40.2 Å². The van der Waals surface area contributed by atoms with Crippen LogP contribution in [0.2, 0.25) is 0 Å². The maximum Gasteiger partial charge on any atom is 0.404 e. The van der Waals surface area contributed by atoms with Crippen LogP contribution >= 0.6 is 15.9 Å². The number of rotatable bonds is 8. The lowest BCUT2D eigenvalue weighted by molar-refractivity contribution is -0.132. The monoisotopic (exact) mass is 530 g/mol. The Kier molecular flexibility index (Phi) is 7.82. The number of carbonyl (C=O) groups is 2. The van der Waals surface area contributed by atoms with Gasteiger partial charge >= 0.3 is 6.09 Å². The maximum absolute atomic E-state index is 13.3. The lowest BCUT2D eigenvalue weighted by atomic mass is 9.96. The number of hydrogen-bond acceptors (Lipinski definition) is 3. The molecule has 34 heavy (non-hydrogen) atoms. The van der Waals surface area contributed by atoms with E-state index in [0.717, 1.165) is 39.7 Å². The molecule has 7 nitrogen and oxygen atoms in total. The topological polar surface area (TPSA) is 87.5 Å². The number of benzene rings is 2. The summed E-state index contributed by atoms with van der Waals surface area (Å²) in [6, 6.07) is 14.8. The van der Waals surface area contributed by atoms with E-state index in [1.54, 1.807) is 4.90 Å². The number of nitrogens with one attached hydrogen (secondary N) is 1. The first-order chi connectivity index (χ1) is 16.4. The molecule has 1 aliphatic rings. The Hall–Kier alpha value is -2.94. The second-order valence-electron chi connectivity index (χ2n) is 8.66. The summed E-state index contributed by atoms with van der Waals surface area (Å²) in [7, 11) is 0. The Balaban J connectivity index is 1.48. The zero-order valence-corrected chi connectivity index (χ0v) is 20.4. The molecule has 1 saturated heterocycles. The van der Waals surface area contributed by atoms with Crippen LogP contribution in [0.5, 0.6) is 0 Å². The molecule has 2 amide bonds. The van der Waals surface area contributed by atoms with Crippen LogP contribution in [0.3, 0.4) is 0 Å². The van der Waals surface area contributed by atoms with E-state index >= 15 is 0 Å². The molecule has 3 aromatic rings. The first-order valence-electron chi connectivity index (χ1n) is 11.5. The van der Waals surface area contributed by atoms with Crippen molar-refractivity contribution < 1.29 is 19.1 Å². The zero-order chi connectivity index (χ0) is 24.1. The summed E-state index contributed by atoms with van der Waals surface area (Å²) < 4.78 is 16.2. The van der Waals surface area contributed by atoms with E-state index in [1.807, 2.05) is 53.1 Å². The maximum atomic E-state index is 13.3. The minimum Gasteiger partial charge on any atom is -0.465 e. The normalized spacial score (nSPS) is 17.0. The van der Waals surface area contributed by atoms with Gasteiger partial charge < -0.3 is 19.9 Å². The second-order valence-corrected chi connectivity index (χ2v) is 9.58. The van der Waals surface area contributed by atoms with E-state index in [1.165, 1.54) is 0 Å². The van der Waals surface area contributed by atoms with Crippen molar-refractivity contribution in [2.24, 2.45) is 0 Å². The van der Waals surface area contributed by atoms with Crippen LogP contribution in [-0.2, 0) is 17.8 Å². The van der Waals surface area contributed by atoms with Crippen LogP contribution in [0.1, 0.15) is 36.6 Å². The number of fused-ring (bicyclic) bond motifs is 1. The first kappa shape index (κ1) is 24.2. The van der Waals surface area contributed by atoms with Crippen molar-refractivity contribution in [1.29, 1.82) is 0 Å². The fourth-order valence-electron chi connectivity index (χ4n) is 4.73. The molecule has 1 fully saturated rings. The molecule has 1 aliphatic heterocycles. The van der Waals surface area contributed by atoms with Crippen LogP contribution in [0.25, 0.3) is 11.0 Å². The van der Waals surface area contributed by atoms with E-state index in [4.69, 9.17) is 4.98 Å². The second kappa shape index (κ2) is 11.0. The number of likely N-dealkylation sites (tertiary alicyclic amines) is 1. The van der Waals surface area contributed by atoms with Crippen molar-refractivity contribution in [1.82, 2.24) is 19.8 Å². The minimum atomic E-state index is -1.15. The third kappa shape index (κ3) is 5.75. The third-order valence-corrected chi connectivity index (χ3v) is 6.80. The van der Waals surface area contributed by atoms with Crippen molar-refractivity contribution in [3.8, 4) is 0 Å². The average Bonchev–Trinajstić information content (AvgIpc) is 3.19. The van der Waals surface area contributed by atoms with Gasteiger partial charge in [0, 0.05) is 35.9 Å². The number of hydrogen-bond donors (Lipinski definition) is 2. The highest BCUT2D eigenvalue weighted by Gasteiger charge is 2.30. The Morgan fingerprint density at radius 1 is 1.21 bits per heavy atom. The van der Waals surface area contributed by atoms with Gasteiger partial charge in [0.2, 0.25) is 5.91 Å². The minimum absolute atomic E-state index is 0.00834. The Morgan fingerprint density at radius 3 is 2.71 bits per heavy atom. The van der Waals surface area contributed by atoms with Gasteiger partial charge in [-0.15, -0.1) is 0 Å². The molecule has 9 heteroatoms. The molecule has 4 rings (SSSR count). The lowest BCUT2D eigenvalue weighted by Gasteiger charge is -2.33. The van der Waals surface area contributed by atoms with Crippen molar-refractivity contribution >= 4 is 39.0 Å². The van der Waals surface area contributed by atoms with Crippen LogP contribution in [-0.4, -0.2) is 57.4 Å². The number of para-hydroxylation sites is 2. The fraction of sp³-hybridized carbons (Fsp3) is 0.400. The lowest BCUT2D eigenvalue weighted by Crippen LogP contribution is -2.44. The third-order valence-electron chi connectivity index (χ3n) is 6.28. The number of imidazole rings is 1. The molecule has 180 valence electrons. The highest BCUT2D eigenvalue weighted by Crippen LogP contribution is 2.30. The molecule has 0 radical (unpaired) electrons. The number of aryl methyl sites for hydroxylation is 1. The van der Waals surface area contributed by atoms with E-state index < -0.39 is 18.8 Å². The number of alkyl halides is 1. The van der Waals surface area contributed by atoms with Crippen molar-refractivity contribution in [2.45, 2.75) is 44.2 Å². The predicted molar refractivity (Wildman–Crippen MR) is 132 cm³/mol. The van der Waals surface area contributed by atoms with E-state index in [2.05, 4.69) is 21.2 Å². The van der Waals surface area contributed by atoms with Crippen molar-refractivity contribution in [3.63, 3.8) is 0 Å². The summed E-state index contributed by atoms with van der Waals surface area (Å²) in [6.07, 6.45) is 1.05. The van der Waals surface area contributed by atoms with Crippen LogP contribution < -0.4 is 5.32 Å². The molecular weight excluding hydrogens is 503 g/mol. The molecule has 0 bridgehead atoms. The van der Waals surface area contributed by atoms with Gasteiger partial charge in [-0.3, -0.25) is 4.79 Å². The summed E-state index contributed by atoms with van der Waals surface area (Å²) in [6.45, 7) is 0.864. The van der Waals surface area contributed by atoms with Gasteiger partial charge in [0.15, 0.2) is 0 Å². The zero-order valence-electron chi connectivity index (χ0n) is 18.8. The number of piperidine rings is 1. The molecular formula is C25H28BrFN4O3. The number of carbonyl (C=O) groups excluding carboxylic acids is 1. The van der Waals surface area contributed by atoms with Crippen LogP contribution in [0.15, 0.2) is 53.0 Å². The molecule has 2 atom stereocenters. The van der Waals surface area contributed by atoms with Crippen LogP contribution in [0, 0.1) is 0 Å². The average molecular weight is 531 g/mol. The van der Waals surface area contributed by atoms with Crippen molar-refractivity contribution in [2.75, 3.05) is 19.8 Å². The van der Waals surface area contributed by atoms with Gasteiger partial charge in [-0.2, -0.15) is 0 Å². The van der Waals surface area contributed by atoms with Gasteiger partial charge in [0.05, 0.1) is 17.6 Å². The highest BCUT2D eigenvalue weighted by molar-refractivity contribution is 9.10. The quantitative estimate of drug-likeness (QED) is 0.440. The Labute approximate surface area is 206 Å². The SMILES string of the molecule is O=C(O)N[C@@H](CC(=O)N1CCC[C@@H](c2nc3ccccc3n2CCF)C1)Cc1ccc(Br)cc1. The molecule has 1 aromatic heterocycles. The summed E-state index contributed by atoms with van der Waals surface area (Å²) in [5.74, 6) is 0.731. The number of nitrogens with zero attached hydrogens (tertiary/aromatic N) is 3. The van der Waals surface area contributed by atoms with Gasteiger partial charge in [-0.25, -0.2) is 14.2 Å². The summed E-state index contributed by atoms with van der Waals surface area (Å²) >= 11 is 3.40. The van der Waals surface area contributed by atoms with Gasteiger partial charge in [-0.05, 0) is 49.1 Å². The molecule has 0 aliphatic carbocycles. The predicted octanol–water partition coefficient (Wildman–Crippen LogP) is 4.74. The molecule has 2 N–H and O–H groups in total. The molecule has 0 saturated carbocycles. The number of amides is 2. The smallest absolute Gasteiger partial charge is 0.404 e. The number of carboxylic acid groups (broad SMARTS) is 1. The van der Waals surface area contributed by atoms with Crippen LogP contribution in [0.4, 0.5) is 9.18 Å². The van der Waals surface area contributed by atoms with E-state index in [-0.39, 0.29) is 24.8 Å². The van der Waals surface area contributed by atoms with Crippen molar-refractivity contribution in [3.05, 3.63) is 64.4 Å². The highest BCUT2D eigenvalue weighted by atomic mass is 79.9. The number of aromatic nitrogens is 2. The van der Waals surface area contributed by atoms with Gasteiger partial charge in [0.25, 0.3) is 0 Å². The first-order valence-corrected chi connectivity index (χ1v) is 12.3. The summed E-state index contributed by atoms with van der Waals surface area (Å²) in [4.78, 5) is 31.1. The Morgan fingerprint density at radius 2 is 1.97 bits per heavy atom. The van der Waals surface area contributed by atoms with E-state index in [9.17, 15) is 19.1 Å². The summed E-state index contributed by atoms with van der Waals surface area (Å²) in [5.41, 5.74) is 2.68. The molecule has 2 heterocycles. The largest absolute Gasteiger partial charge is 0.465 e. The molecule has 0 spiro atoms. The fourth-order valence-corrected chi connectivity index (χ4v) is 5.00. The number of halogens is 2. The molecule has 2 aromatic carbocycles.